The Bertz CT molecular complexity index is 885. The minimum Gasteiger partial charge on any atom is -0.422 e. The Labute approximate surface area is 126 Å². The first-order chi connectivity index (χ1) is 10.7. The fourth-order valence-electron chi connectivity index (χ4n) is 2.28. The lowest BCUT2D eigenvalue weighted by molar-refractivity contribution is 0.0958. The molecule has 0 saturated heterocycles. The van der Waals surface area contributed by atoms with Crippen molar-refractivity contribution in [1.29, 1.82) is 0 Å². The van der Waals surface area contributed by atoms with E-state index in [-0.39, 0.29) is 5.56 Å². The van der Waals surface area contributed by atoms with Gasteiger partial charge in [0.05, 0.1) is 5.69 Å². The molecular formula is C17H14N2O3. The molecule has 1 amide bonds. The van der Waals surface area contributed by atoms with Gasteiger partial charge in [0.1, 0.15) is 11.1 Å². The van der Waals surface area contributed by atoms with Crippen molar-refractivity contribution in [2.45, 2.75) is 6.92 Å². The summed E-state index contributed by atoms with van der Waals surface area (Å²) in [5.41, 5.74) is 6.42. The van der Waals surface area contributed by atoms with E-state index in [0.717, 1.165) is 11.1 Å². The third-order valence-electron chi connectivity index (χ3n) is 3.39. The second kappa shape index (κ2) is 5.73. The molecule has 1 heterocycles. The average molecular weight is 294 g/mol. The number of rotatable bonds is 3. The van der Waals surface area contributed by atoms with Crippen molar-refractivity contribution in [1.82, 2.24) is 5.43 Å². The second-order valence-corrected chi connectivity index (χ2v) is 4.83. The van der Waals surface area contributed by atoms with Crippen molar-refractivity contribution in [3.8, 4) is 0 Å². The maximum absolute atomic E-state index is 12.3. The van der Waals surface area contributed by atoms with Gasteiger partial charge in [-0.3, -0.25) is 15.6 Å². The van der Waals surface area contributed by atoms with Crippen LogP contribution in [-0.4, -0.2) is 5.91 Å². The number of hydrogen-bond acceptors (Lipinski definition) is 4. The first-order valence-corrected chi connectivity index (χ1v) is 6.80. The summed E-state index contributed by atoms with van der Waals surface area (Å²) in [6.45, 7) is 1.73. The predicted molar refractivity (Wildman–Crippen MR) is 84.8 cm³/mol. The number of hydrogen-bond donors (Lipinski definition) is 2. The summed E-state index contributed by atoms with van der Waals surface area (Å²) in [6, 6.07) is 16.3. The molecule has 0 aliphatic carbocycles. The van der Waals surface area contributed by atoms with Crippen LogP contribution in [0.1, 0.15) is 15.9 Å². The molecule has 2 N–H and O–H groups in total. The van der Waals surface area contributed by atoms with E-state index in [1.54, 1.807) is 31.2 Å². The van der Waals surface area contributed by atoms with E-state index >= 15 is 0 Å². The zero-order valence-electron chi connectivity index (χ0n) is 11.9. The molecule has 0 fully saturated rings. The Morgan fingerprint density at radius 2 is 1.68 bits per heavy atom. The lowest BCUT2D eigenvalue weighted by atomic mass is 10.1. The Hall–Kier alpha value is -3.08. The van der Waals surface area contributed by atoms with Gasteiger partial charge in [-0.1, -0.05) is 36.4 Å². The van der Waals surface area contributed by atoms with Crippen LogP contribution in [0.5, 0.6) is 0 Å². The van der Waals surface area contributed by atoms with E-state index in [1.165, 1.54) is 0 Å². The standard InChI is InChI=1S/C17H14N2O3/c1-11-13-9-5-6-10-14(13)22-17(21)15(11)16(20)19-18-12-7-3-2-4-8-12/h2-10,18H,1H3,(H,19,20). The molecule has 22 heavy (non-hydrogen) atoms. The maximum atomic E-state index is 12.3. The molecule has 0 atom stereocenters. The molecule has 1 aromatic heterocycles. The molecule has 0 aliphatic rings. The minimum absolute atomic E-state index is 0.00197. The molecule has 5 nitrogen and oxygen atoms in total. The summed E-state index contributed by atoms with van der Waals surface area (Å²) in [5, 5.41) is 0.743. The monoisotopic (exact) mass is 294 g/mol. The van der Waals surface area contributed by atoms with Crippen molar-refractivity contribution >= 4 is 22.6 Å². The summed E-state index contributed by atoms with van der Waals surface area (Å²) >= 11 is 0. The molecule has 0 unspecified atom stereocenters. The van der Waals surface area contributed by atoms with Gasteiger partial charge < -0.3 is 4.42 Å². The van der Waals surface area contributed by atoms with E-state index in [9.17, 15) is 9.59 Å². The largest absolute Gasteiger partial charge is 0.422 e. The van der Waals surface area contributed by atoms with Crippen LogP contribution in [0.2, 0.25) is 0 Å². The maximum Gasteiger partial charge on any atom is 0.349 e. The van der Waals surface area contributed by atoms with Gasteiger partial charge in [0.25, 0.3) is 5.91 Å². The molecule has 0 aliphatic heterocycles. The SMILES string of the molecule is Cc1c(C(=O)NNc2ccccc2)c(=O)oc2ccccc12. The number of anilines is 1. The van der Waals surface area contributed by atoms with Crippen LogP contribution in [0.15, 0.2) is 63.8 Å². The Morgan fingerprint density at radius 3 is 2.45 bits per heavy atom. The van der Waals surface area contributed by atoms with Gasteiger partial charge >= 0.3 is 5.63 Å². The third kappa shape index (κ3) is 2.56. The zero-order valence-corrected chi connectivity index (χ0v) is 11.9. The van der Waals surface area contributed by atoms with E-state index in [4.69, 9.17) is 4.42 Å². The van der Waals surface area contributed by atoms with Crippen LogP contribution >= 0.6 is 0 Å². The molecule has 0 saturated carbocycles. The Balaban J connectivity index is 1.92. The van der Waals surface area contributed by atoms with Crippen molar-refractivity contribution in [3.05, 3.63) is 76.1 Å². The van der Waals surface area contributed by atoms with Crippen LogP contribution < -0.4 is 16.5 Å². The fraction of sp³-hybridized carbons (Fsp3) is 0.0588. The van der Waals surface area contributed by atoms with Gasteiger partial charge in [-0.15, -0.1) is 0 Å². The summed E-state index contributed by atoms with van der Waals surface area (Å²) in [4.78, 5) is 24.3. The van der Waals surface area contributed by atoms with Gasteiger partial charge in [-0.05, 0) is 30.7 Å². The van der Waals surface area contributed by atoms with E-state index in [1.807, 2.05) is 30.3 Å². The van der Waals surface area contributed by atoms with Gasteiger partial charge in [0.2, 0.25) is 0 Å². The molecule has 0 radical (unpaired) electrons. The number of fused-ring (bicyclic) bond motifs is 1. The number of benzene rings is 2. The molecular weight excluding hydrogens is 280 g/mol. The van der Waals surface area contributed by atoms with E-state index < -0.39 is 11.5 Å². The average Bonchev–Trinajstić information content (AvgIpc) is 2.54. The van der Waals surface area contributed by atoms with Crippen LogP contribution in [-0.2, 0) is 0 Å². The highest BCUT2D eigenvalue weighted by atomic mass is 16.4. The summed E-state index contributed by atoms with van der Waals surface area (Å²) in [6.07, 6.45) is 0. The topological polar surface area (TPSA) is 71.3 Å². The molecule has 0 spiro atoms. The van der Waals surface area contributed by atoms with Crippen LogP contribution in [0.3, 0.4) is 0 Å². The second-order valence-electron chi connectivity index (χ2n) is 4.83. The molecule has 3 aromatic rings. The number of hydrazine groups is 1. The van der Waals surface area contributed by atoms with Crippen LogP contribution in [0.4, 0.5) is 5.69 Å². The fourth-order valence-corrected chi connectivity index (χ4v) is 2.28. The summed E-state index contributed by atoms with van der Waals surface area (Å²) in [7, 11) is 0. The number of carbonyl (C=O) groups excluding carboxylic acids is 1. The third-order valence-corrected chi connectivity index (χ3v) is 3.39. The minimum atomic E-state index is -0.649. The van der Waals surface area contributed by atoms with Gasteiger partial charge in [-0.2, -0.15) is 0 Å². The number of carbonyl (C=O) groups is 1. The smallest absolute Gasteiger partial charge is 0.349 e. The number of amides is 1. The van der Waals surface area contributed by atoms with Gasteiger partial charge in [0.15, 0.2) is 0 Å². The van der Waals surface area contributed by atoms with Crippen LogP contribution in [0, 0.1) is 6.92 Å². The summed E-state index contributed by atoms with van der Waals surface area (Å²) < 4.78 is 5.20. The number of aryl methyl sites for hydroxylation is 1. The highest BCUT2D eigenvalue weighted by Gasteiger charge is 2.18. The van der Waals surface area contributed by atoms with Crippen molar-refractivity contribution < 1.29 is 9.21 Å². The normalized spacial score (nSPS) is 10.4. The highest BCUT2D eigenvalue weighted by Crippen LogP contribution is 2.18. The van der Waals surface area contributed by atoms with Crippen LogP contribution in [0.25, 0.3) is 11.0 Å². The Kier molecular flexibility index (Phi) is 3.62. The van der Waals surface area contributed by atoms with Crippen molar-refractivity contribution in [2.24, 2.45) is 0 Å². The first kappa shape index (κ1) is 13.9. The van der Waals surface area contributed by atoms with Crippen molar-refractivity contribution in [2.75, 3.05) is 5.43 Å². The number of nitrogens with one attached hydrogen (secondary N) is 2. The van der Waals surface area contributed by atoms with Gasteiger partial charge in [0, 0.05) is 5.39 Å². The quantitative estimate of drug-likeness (QED) is 0.575. The van der Waals surface area contributed by atoms with E-state index in [2.05, 4.69) is 10.9 Å². The molecule has 3 rings (SSSR count). The predicted octanol–water partition coefficient (Wildman–Crippen LogP) is 2.86. The molecule has 2 aromatic carbocycles. The molecule has 5 heteroatoms. The van der Waals surface area contributed by atoms with Crippen molar-refractivity contribution in [3.63, 3.8) is 0 Å². The molecule has 110 valence electrons. The Morgan fingerprint density at radius 1 is 1.00 bits per heavy atom. The lowest BCUT2D eigenvalue weighted by Gasteiger charge is -2.10. The summed E-state index contributed by atoms with van der Waals surface area (Å²) in [5.74, 6) is -0.527. The number of para-hydroxylation sites is 2. The van der Waals surface area contributed by atoms with Gasteiger partial charge in [-0.25, -0.2) is 4.79 Å². The molecule has 0 bridgehead atoms. The highest BCUT2D eigenvalue weighted by molar-refractivity contribution is 5.99. The zero-order chi connectivity index (χ0) is 15.5. The van der Waals surface area contributed by atoms with E-state index in [0.29, 0.717) is 11.1 Å². The first-order valence-electron chi connectivity index (χ1n) is 6.80. The lowest BCUT2D eigenvalue weighted by Crippen LogP contribution is -2.33.